The van der Waals surface area contributed by atoms with Crippen LogP contribution in [0.4, 0.5) is 11.8 Å². The van der Waals surface area contributed by atoms with Crippen LogP contribution in [0.25, 0.3) is 0 Å². The van der Waals surface area contributed by atoms with E-state index in [1.165, 1.54) is 5.56 Å². The molecule has 3 rings (SSSR count). The van der Waals surface area contributed by atoms with Gasteiger partial charge in [-0.05, 0) is 29.3 Å². The molecule has 0 aliphatic carbocycles. The molecule has 1 aromatic heterocycles. The number of hydrogen-bond acceptors (Lipinski definition) is 4. The van der Waals surface area contributed by atoms with Gasteiger partial charge in [0.05, 0.1) is 0 Å². The van der Waals surface area contributed by atoms with E-state index >= 15 is 0 Å². The summed E-state index contributed by atoms with van der Waals surface area (Å²) >= 11 is 5.90. The summed E-state index contributed by atoms with van der Waals surface area (Å²) in [5.41, 5.74) is 2.38. The van der Waals surface area contributed by atoms with Crippen LogP contribution in [-0.2, 0) is 13.1 Å². The Morgan fingerprint density at radius 2 is 1.71 bits per heavy atom. The Labute approximate surface area is 147 Å². The predicted octanol–water partition coefficient (Wildman–Crippen LogP) is 4.38. The molecule has 0 fully saturated rings. The van der Waals surface area contributed by atoms with E-state index in [-0.39, 0.29) is 0 Å². The van der Waals surface area contributed by atoms with Crippen LogP contribution < -0.4 is 10.2 Å². The quantitative estimate of drug-likeness (QED) is 0.724. The zero-order valence-corrected chi connectivity index (χ0v) is 14.2. The van der Waals surface area contributed by atoms with Crippen LogP contribution in [0.15, 0.2) is 66.9 Å². The van der Waals surface area contributed by atoms with Gasteiger partial charge in [0.25, 0.3) is 0 Å². The zero-order chi connectivity index (χ0) is 16.8. The molecule has 3 aromatic rings. The summed E-state index contributed by atoms with van der Waals surface area (Å²) in [4.78, 5) is 11.0. The first kappa shape index (κ1) is 16.3. The minimum Gasteiger partial charge on any atom is -0.355 e. The van der Waals surface area contributed by atoms with Crippen LogP contribution in [-0.4, -0.2) is 17.0 Å². The standard InChI is InChI=1S/C19H19ClN4/c1-24(14-16-5-3-2-4-6-16)18-11-12-21-19(23-18)22-13-15-7-9-17(20)10-8-15/h2-12H,13-14H2,1H3,(H,21,22,23). The van der Waals surface area contributed by atoms with Gasteiger partial charge in [-0.1, -0.05) is 54.1 Å². The second-order valence-corrected chi connectivity index (χ2v) is 6.00. The van der Waals surface area contributed by atoms with Gasteiger partial charge in [0.1, 0.15) is 5.82 Å². The third kappa shape index (κ3) is 4.46. The Bertz CT molecular complexity index is 775. The molecule has 0 bridgehead atoms. The Kier molecular flexibility index (Phi) is 5.29. The molecule has 0 aliphatic rings. The van der Waals surface area contributed by atoms with E-state index in [2.05, 4.69) is 32.3 Å². The molecule has 0 unspecified atom stereocenters. The highest BCUT2D eigenvalue weighted by Crippen LogP contribution is 2.15. The molecule has 0 atom stereocenters. The van der Waals surface area contributed by atoms with Crippen molar-refractivity contribution in [3.63, 3.8) is 0 Å². The molecule has 4 nitrogen and oxygen atoms in total. The van der Waals surface area contributed by atoms with E-state index in [0.717, 1.165) is 22.9 Å². The van der Waals surface area contributed by atoms with Crippen LogP contribution in [0.5, 0.6) is 0 Å². The summed E-state index contributed by atoms with van der Waals surface area (Å²) in [7, 11) is 2.03. The smallest absolute Gasteiger partial charge is 0.224 e. The largest absolute Gasteiger partial charge is 0.355 e. The van der Waals surface area contributed by atoms with Gasteiger partial charge in [0.2, 0.25) is 5.95 Å². The third-order valence-electron chi connectivity index (χ3n) is 3.66. The minimum atomic E-state index is 0.613. The van der Waals surface area contributed by atoms with Gasteiger partial charge in [-0.2, -0.15) is 4.98 Å². The summed E-state index contributed by atoms with van der Waals surface area (Å²) < 4.78 is 0. The van der Waals surface area contributed by atoms with Crippen molar-refractivity contribution in [3.05, 3.63) is 83.0 Å². The van der Waals surface area contributed by atoms with E-state index < -0.39 is 0 Å². The second-order valence-electron chi connectivity index (χ2n) is 5.56. The molecule has 0 saturated heterocycles. The Hall–Kier alpha value is -2.59. The first-order valence-electron chi connectivity index (χ1n) is 7.77. The lowest BCUT2D eigenvalue weighted by atomic mass is 10.2. The summed E-state index contributed by atoms with van der Waals surface area (Å²) in [6, 6.07) is 20.0. The van der Waals surface area contributed by atoms with Crippen molar-refractivity contribution in [1.29, 1.82) is 0 Å². The van der Waals surface area contributed by atoms with Crippen molar-refractivity contribution >= 4 is 23.4 Å². The van der Waals surface area contributed by atoms with Gasteiger partial charge in [0, 0.05) is 31.4 Å². The van der Waals surface area contributed by atoms with Crippen LogP contribution >= 0.6 is 11.6 Å². The van der Waals surface area contributed by atoms with Crippen LogP contribution in [0, 0.1) is 0 Å². The topological polar surface area (TPSA) is 41.1 Å². The fraction of sp³-hybridized carbons (Fsp3) is 0.158. The third-order valence-corrected chi connectivity index (χ3v) is 3.91. The average molecular weight is 339 g/mol. The van der Waals surface area contributed by atoms with Gasteiger partial charge < -0.3 is 10.2 Å². The molecule has 0 amide bonds. The number of benzene rings is 2. The normalized spacial score (nSPS) is 10.4. The van der Waals surface area contributed by atoms with Crippen LogP contribution in [0.3, 0.4) is 0 Å². The maximum Gasteiger partial charge on any atom is 0.224 e. The number of anilines is 2. The summed E-state index contributed by atoms with van der Waals surface area (Å²) in [5.74, 6) is 1.50. The van der Waals surface area contributed by atoms with Gasteiger partial charge in [0.15, 0.2) is 0 Å². The maximum atomic E-state index is 5.90. The van der Waals surface area contributed by atoms with Crippen molar-refractivity contribution in [2.45, 2.75) is 13.1 Å². The summed E-state index contributed by atoms with van der Waals surface area (Å²) in [6.45, 7) is 1.46. The first-order chi connectivity index (χ1) is 11.7. The molecule has 5 heteroatoms. The highest BCUT2D eigenvalue weighted by atomic mass is 35.5. The number of rotatable bonds is 6. The van der Waals surface area contributed by atoms with Crippen molar-refractivity contribution in [2.24, 2.45) is 0 Å². The highest BCUT2D eigenvalue weighted by molar-refractivity contribution is 6.30. The fourth-order valence-electron chi connectivity index (χ4n) is 2.37. The van der Waals surface area contributed by atoms with Crippen LogP contribution in [0.1, 0.15) is 11.1 Å². The highest BCUT2D eigenvalue weighted by Gasteiger charge is 2.05. The Morgan fingerprint density at radius 3 is 2.46 bits per heavy atom. The van der Waals surface area contributed by atoms with Crippen molar-refractivity contribution in [3.8, 4) is 0 Å². The molecule has 24 heavy (non-hydrogen) atoms. The SMILES string of the molecule is CN(Cc1ccccc1)c1ccnc(NCc2ccc(Cl)cc2)n1. The van der Waals surface area contributed by atoms with Crippen LogP contribution in [0.2, 0.25) is 5.02 Å². The lowest BCUT2D eigenvalue weighted by Crippen LogP contribution is -2.18. The van der Waals surface area contributed by atoms with E-state index in [9.17, 15) is 0 Å². The zero-order valence-electron chi connectivity index (χ0n) is 13.5. The number of hydrogen-bond donors (Lipinski definition) is 1. The molecule has 1 heterocycles. The van der Waals surface area contributed by atoms with Gasteiger partial charge in [-0.3, -0.25) is 0 Å². The molecule has 1 N–H and O–H groups in total. The molecule has 0 aliphatic heterocycles. The molecule has 0 spiro atoms. The van der Waals surface area contributed by atoms with Gasteiger partial charge in [-0.25, -0.2) is 4.98 Å². The van der Waals surface area contributed by atoms with Crippen molar-refractivity contribution in [2.75, 3.05) is 17.3 Å². The average Bonchev–Trinajstić information content (AvgIpc) is 2.62. The predicted molar refractivity (Wildman–Crippen MR) is 99.4 cm³/mol. The van der Waals surface area contributed by atoms with Gasteiger partial charge in [-0.15, -0.1) is 0 Å². The molecular formula is C19H19ClN4. The first-order valence-corrected chi connectivity index (χ1v) is 8.15. The maximum absolute atomic E-state index is 5.90. The molecule has 0 saturated carbocycles. The molecular weight excluding hydrogens is 320 g/mol. The van der Waals surface area contributed by atoms with Crippen molar-refractivity contribution < 1.29 is 0 Å². The summed E-state index contributed by atoms with van der Waals surface area (Å²) in [6.07, 6.45) is 1.77. The van der Waals surface area contributed by atoms with E-state index in [1.54, 1.807) is 6.20 Å². The molecule has 122 valence electrons. The van der Waals surface area contributed by atoms with E-state index in [1.807, 2.05) is 55.6 Å². The number of nitrogens with one attached hydrogen (secondary N) is 1. The lowest BCUT2D eigenvalue weighted by molar-refractivity contribution is 0.889. The number of aromatic nitrogens is 2. The second kappa shape index (κ2) is 7.79. The number of halogens is 1. The monoisotopic (exact) mass is 338 g/mol. The van der Waals surface area contributed by atoms with Gasteiger partial charge >= 0.3 is 0 Å². The van der Waals surface area contributed by atoms with E-state index in [0.29, 0.717) is 12.5 Å². The van der Waals surface area contributed by atoms with E-state index in [4.69, 9.17) is 11.6 Å². The molecule has 0 radical (unpaired) electrons. The molecule has 2 aromatic carbocycles. The lowest BCUT2D eigenvalue weighted by Gasteiger charge is -2.18. The Morgan fingerprint density at radius 1 is 0.958 bits per heavy atom. The number of nitrogens with zero attached hydrogens (tertiary/aromatic N) is 3. The summed E-state index contributed by atoms with van der Waals surface area (Å²) in [5, 5.41) is 3.98. The fourth-order valence-corrected chi connectivity index (χ4v) is 2.49. The Balaban J connectivity index is 1.64. The van der Waals surface area contributed by atoms with Crippen molar-refractivity contribution in [1.82, 2.24) is 9.97 Å². The minimum absolute atomic E-state index is 0.613.